The number of ether oxygens (including phenoxy) is 4. The minimum atomic E-state index is -2.57. The number of aliphatic hydroxyl groups is 3. The lowest BCUT2D eigenvalue weighted by atomic mass is 9.75. The molecule has 1 heterocycles. The van der Waals surface area contributed by atoms with Gasteiger partial charge in [0.1, 0.15) is 23.9 Å². The lowest BCUT2D eigenvalue weighted by molar-refractivity contribution is -0.199. The summed E-state index contributed by atoms with van der Waals surface area (Å²) in [6.07, 6.45) is -5.83. The highest BCUT2D eigenvalue weighted by Crippen LogP contribution is 2.57. The van der Waals surface area contributed by atoms with Crippen molar-refractivity contribution in [1.29, 1.82) is 0 Å². The molecule has 212 valence electrons. The highest BCUT2D eigenvalue weighted by molar-refractivity contribution is 5.90. The molecular weight excluding hydrogens is 512 g/mol. The molecule has 3 N–H and O–H groups in total. The maximum atomic E-state index is 13.2. The molecular formula is C28H34O11. The van der Waals surface area contributed by atoms with Gasteiger partial charge in [0.15, 0.2) is 17.3 Å². The average Bonchev–Trinajstić information content (AvgIpc) is 3.17. The molecule has 0 spiro atoms. The third kappa shape index (κ3) is 4.52. The van der Waals surface area contributed by atoms with E-state index < -0.39 is 77.4 Å². The average molecular weight is 547 g/mol. The first-order valence-corrected chi connectivity index (χ1v) is 12.9. The molecule has 1 aliphatic heterocycles. The summed E-state index contributed by atoms with van der Waals surface area (Å²) < 4.78 is 22.7. The lowest BCUT2D eigenvalue weighted by Gasteiger charge is -2.41. The second-order valence-corrected chi connectivity index (χ2v) is 10.8. The molecule has 11 heteroatoms. The number of benzene rings is 1. The van der Waals surface area contributed by atoms with Gasteiger partial charge < -0.3 is 34.3 Å². The number of carbonyl (C=O) groups excluding carboxylic acids is 4. The minimum absolute atomic E-state index is 0.0585. The van der Waals surface area contributed by atoms with E-state index in [1.165, 1.54) is 26.0 Å². The van der Waals surface area contributed by atoms with Gasteiger partial charge in [-0.2, -0.15) is 0 Å². The number of esters is 4. The molecule has 2 aliphatic carbocycles. The molecule has 1 aromatic rings. The van der Waals surface area contributed by atoms with E-state index in [0.717, 1.165) is 13.8 Å². The molecule has 39 heavy (non-hydrogen) atoms. The number of aliphatic hydroxyl groups excluding tert-OH is 1. The molecule has 1 saturated carbocycles. The Morgan fingerprint density at radius 1 is 1.10 bits per heavy atom. The summed E-state index contributed by atoms with van der Waals surface area (Å²) in [5, 5.41) is 34.7. The van der Waals surface area contributed by atoms with Crippen molar-refractivity contribution >= 4 is 23.9 Å². The molecule has 2 fully saturated rings. The van der Waals surface area contributed by atoms with Gasteiger partial charge in [-0.15, -0.1) is 0 Å². The van der Waals surface area contributed by atoms with Crippen molar-refractivity contribution in [1.82, 2.24) is 0 Å². The third-order valence-electron chi connectivity index (χ3n) is 8.05. The van der Waals surface area contributed by atoms with Crippen molar-refractivity contribution in [3.8, 4) is 0 Å². The fourth-order valence-electron chi connectivity index (χ4n) is 6.12. The van der Waals surface area contributed by atoms with E-state index in [9.17, 15) is 34.5 Å². The van der Waals surface area contributed by atoms with Crippen LogP contribution in [-0.2, 0) is 33.3 Å². The van der Waals surface area contributed by atoms with E-state index in [1.54, 1.807) is 25.1 Å². The van der Waals surface area contributed by atoms with Crippen molar-refractivity contribution in [2.24, 2.45) is 5.92 Å². The summed E-state index contributed by atoms with van der Waals surface area (Å²) in [5.74, 6) is -4.49. The van der Waals surface area contributed by atoms with Crippen LogP contribution < -0.4 is 0 Å². The molecule has 0 aromatic heterocycles. The first kappa shape index (κ1) is 28.7. The second-order valence-electron chi connectivity index (χ2n) is 10.8. The summed E-state index contributed by atoms with van der Waals surface area (Å²) in [6.45, 7) is 6.98. The van der Waals surface area contributed by atoms with Crippen LogP contribution in [0.5, 0.6) is 0 Å². The van der Waals surface area contributed by atoms with Gasteiger partial charge in [-0.05, 0) is 50.5 Å². The molecule has 1 aromatic carbocycles. The van der Waals surface area contributed by atoms with Crippen molar-refractivity contribution in [3.05, 3.63) is 47.0 Å². The lowest BCUT2D eigenvalue weighted by Crippen LogP contribution is -2.64. The quantitative estimate of drug-likeness (QED) is 0.268. The first-order chi connectivity index (χ1) is 18.2. The normalized spacial score (nSPS) is 37.3. The van der Waals surface area contributed by atoms with E-state index in [2.05, 4.69) is 0 Å². The Morgan fingerprint density at radius 2 is 1.74 bits per heavy atom. The molecule has 1 saturated heterocycles. The Balaban J connectivity index is 1.90. The van der Waals surface area contributed by atoms with Gasteiger partial charge in [0.2, 0.25) is 0 Å². The zero-order chi connectivity index (χ0) is 28.9. The highest BCUT2D eigenvalue weighted by atomic mass is 16.6. The van der Waals surface area contributed by atoms with Crippen LogP contribution in [0.4, 0.5) is 0 Å². The van der Waals surface area contributed by atoms with Crippen LogP contribution in [0.3, 0.4) is 0 Å². The van der Waals surface area contributed by atoms with Gasteiger partial charge >= 0.3 is 23.9 Å². The van der Waals surface area contributed by atoms with Gasteiger partial charge in [-0.25, -0.2) is 9.59 Å². The Bertz CT molecular complexity index is 1210. The standard InChI is InChI=1S/C28H34O11/c1-6-10-18(30)37-22-20-19(14(2)21(22)31)23-28(35,27(5,34)25(33)38-23)17(13-26(20,4)39-15(3)29)36-24(32)16-11-8-7-9-12-16/h7-9,11-12,17,20-23,31,34-35H,6,10,13H2,1-5H3/t17-,20+,21-,22-,23-,26-,27+,28+/m0/s1. The molecule has 11 nitrogen and oxygen atoms in total. The molecule has 8 atom stereocenters. The van der Waals surface area contributed by atoms with E-state index in [1.807, 2.05) is 0 Å². The molecule has 0 bridgehead atoms. The van der Waals surface area contributed by atoms with Gasteiger partial charge in [-0.1, -0.05) is 25.1 Å². The largest absolute Gasteiger partial charge is 0.459 e. The summed E-state index contributed by atoms with van der Waals surface area (Å²) in [6, 6.07) is 7.89. The molecule has 0 radical (unpaired) electrons. The molecule has 3 aliphatic rings. The van der Waals surface area contributed by atoms with Crippen LogP contribution in [0.15, 0.2) is 41.5 Å². The molecule has 0 amide bonds. The summed E-state index contributed by atoms with van der Waals surface area (Å²) in [5.41, 5.74) is -6.33. The van der Waals surface area contributed by atoms with E-state index in [4.69, 9.17) is 18.9 Å². The van der Waals surface area contributed by atoms with Crippen molar-refractivity contribution in [2.75, 3.05) is 0 Å². The monoisotopic (exact) mass is 546 g/mol. The Labute approximate surface area is 225 Å². The van der Waals surface area contributed by atoms with Crippen LogP contribution in [0.2, 0.25) is 0 Å². The smallest absolute Gasteiger partial charge is 0.341 e. The van der Waals surface area contributed by atoms with Gasteiger partial charge in [0, 0.05) is 19.8 Å². The fraction of sp³-hybridized carbons (Fsp3) is 0.571. The van der Waals surface area contributed by atoms with Crippen LogP contribution in [-0.4, -0.2) is 80.4 Å². The number of hydrogen-bond donors (Lipinski definition) is 3. The summed E-state index contributed by atoms with van der Waals surface area (Å²) >= 11 is 0. The maximum Gasteiger partial charge on any atom is 0.341 e. The van der Waals surface area contributed by atoms with Crippen LogP contribution in [0, 0.1) is 5.92 Å². The number of fused-ring (bicyclic) bond motifs is 3. The van der Waals surface area contributed by atoms with E-state index in [0.29, 0.717) is 6.42 Å². The predicted molar refractivity (Wildman–Crippen MR) is 133 cm³/mol. The summed E-state index contributed by atoms with van der Waals surface area (Å²) in [4.78, 5) is 51.0. The van der Waals surface area contributed by atoms with Gasteiger partial charge in [0.05, 0.1) is 11.5 Å². The maximum absolute atomic E-state index is 13.2. The predicted octanol–water partition coefficient (Wildman–Crippen LogP) is 1.36. The van der Waals surface area contributed by atoms with Crippen molar-refractivity contribution in [2.45, 2.75) is 95.1 Å². The Kier molecular flexibility index (Phi) is 7.39. The number of hydrogen-bond acceptors (Lipinski definition) is 11. The number of rotatable bonds is 6. The molecule has 4 rings (SSSR count). The SMILES string of the molecule is CCCC(=O)O[C@H]1[C@H]2C(=C(C)[C@@H]1O)[C@@H]1OC(=O)[C@@](C)(O)[C@@]1(O)[C@@H](OC(=O)c1ccccc1)C[C@]2(C)OC(C)=O. The Morgan fingerprint density at radius 3 is 2.33 bits per heavy atom. The fourth-order valence-corrected chi connectivity index (χ4v) is 6.12. The third-order valence-corrected chi connectivity index (χ3v) is 8.05. The van der Waals surface area contributed by atoms with E-state index >= 15 is 0 Å². The van der Waals surface area contributed by atoms with Crippen molar-refractivity contribution < 1.29 is 53.4 Å². The zero-order valence-corrected chi connectivity index (χ0v) is 22.5. The molecule has 0 unspecified atom stereocenters. The second kappa shape index (κ2) is 10.0. The summed E-state index contributed by atoms with van der Waals surface area (Å²) in [7, 11) is 0. The number of carbonyl (C=O) groups is 4. The highest BCUT2D eigenvalue weighted by Gasteiger charge is 2.75. The van der Waals surface area contributed by atoms with Crippen LogP contribution in [0.25, 0.3) is 0 Å². The van der Waals surface area contributed by atoms with Crippen LogP contribution >= 0.6 is 0 Å². The minimum Gasteiger partial charge on any atom is -0.459 e. The van der Waals surface area contributed by atoms with Gasteiger partial charge in [0.25, 0.3) is 0 Å². The Hall–Kier alpha value is -3.28. The van der Waals surface area contributed by atoms with Crippen molar-refractivity contribution in [3.63, 3.8) is 0 Å². The van der Waals surface area contributed by atoms with Crippen LogP contribution in [0.1, 0.15) is 64.2 Å². The topological polar surface area (TPSA) is 166 Å². The van der Waals surface area contributed by atoms with E-state index in [-0.39, 0.29) is 23.1 Å². The first-order valence-electron chi connectivity index (χ1n) is 12.9. The zero-order valence-electron chi connectivity index (χ0n) is 22.5. The van der Waals surface area contributed by atoms with Gasteiger partial charge in [-0.3, -0.25) is 9.59 Å².